The first-order chi connectivity index (χ1) is 14.4. The van der Waals surface area contributed by atoms with Gasteiger partial charge in [0.1, 0.15) is 11.5 Å². The average Bonchev–Trinajstić information content (AvgIpc) is 3.27. The minimum absolute atomic E-state index is 0.00576. The Balaban J connectivity index is 1.57. The zero-order valence-electron chi connectivity index (χ0n) is 16.7. The van der Waals surface area contributed by atoms with Crippen LogP contribution in [0.15, 0.2) is 48.5 Å². The number of alkyl halides is 3. The van der Waals surface area contributed by atoms with E-state index in [2.05, 4.69) is 10.2 Å². The predicted octanol–water partition coefficient (Wildman–Crippen LogP) is 4.05. The molecule has 1 atom stereocenters. The molecule has 3 rings (SSSR count). The van der Waals surface area contributed by atoms with Gasteiger partial charge in [-0.1, -0.05) is 18.2 Å². The van der Waals surface area contributed by atoms with Crippen LogP contribution in [0.3, 0.4) is 0 Å². The second kappa shape index (κ2) is 9.84. The number of rotatable bonds is 8. The number of methoxy groups -OCH3 is 1. The molecule has 0 aromatic heterocycles. The van der Waals surface area contributed by atoms with E-state index in [-0.39, 0.29) is 24.3 Å². The van der Waals surface area contributed by atoms with Gasteiger partial charge >= 0.3 is 6.18 Å². The highest BCUT2D eigenvalue weighted by molar-refractivity contribution is 5.77. The van der Waals surface area contributed by atoms with Gasteiger partial charge in [0.15, 0.2) is 6.61 Å². The van der Waals surface area contributed by atoms with Crippen LogP contribution >= 0.6 is 0 Å². The number of halogens is 3. The van der Waals surface area contributed by atoms with Gasteiger partial charge in [-0.3, -0.25) is 9.69 Å². The Morgan fingerprint density at radius 2 is 1.80 bits per heavy atom. The Morgan fingerprint density at radius 1 is 1.10 bits per heavy atom. The summed E-state index contributed by atoms with van der Waals surface area (Å²) in [4.78, 5) is 14.6. The first kappa shape index (κ1) is 22.0. The van der Waals surface area contributed by atoms with Crippen LogP contribution < -0.4 is 14.8 Å². The Kier molecular flexibility index (Phi) is 7.20. The van der Waals surface area contributed by atoms with Gasteiger partial charge in [-0.05, 0) is 61.8 Å². The molecule has 0 bridgehead atoms. The van der Waals surface area contributed by atoms with Crippen molar-refractivity contribution < 1.29 is 27.4 Å². The SMILES string of the molecule is COc1ccc([C@H](CNC(=O)COc2cccc(C(F)(F)F)c2)N2CCCC2)cc1. The van der Waals surface area contributed by atoms with Gasteiger partial charge < -0.3 is 14.8 Å². The van der Waals surface area contributed by atoms with Gasteiger partial charge in [-0.15, -0.1) is 0 Å². The fourth-order valence-corrected chi connectivity index (χ4v) is 3.51. The van der Waals surface area contributed by atoms with Gasteiger partial charge in [0.05, 0.1) is 18.7 Å². The standard InChI is InChI=1S/C22H25F3N2O3/c1-29-18-9-7-16(8-10-18)20(27-11-2-3-12-27)14-26-21(28)15-30-19-6-4-5-17(13-19)22(23,24)25/h4-10,13,20H,2-3,11-12,14-15H2,1H3,(H,26,28)/t20-/m0/s1. The highest BCUT2D eigenvalue weighted by Gasteiger charge is 2.30. The van der Waals surface area contributed by atoms with Crippen LogP contribution in [-0.4, -0.2) is 44.2 Å². The third-order valence-corrected chi connectivity index (χ3v) is 5.11. The maximum Gasteiger partial charge on any atom is 0.416 e. The summed E-state index contributed by atoms with van der Waals surface area (Å²) in [6, 6.07) is 12.2. The summed E-state index contributed by atoms with van der Waals surface area (Å²) in [5.41, 5.74) is 0.255. The molecule has 8 heteroatoms. The van der Waals surface area contributed by atoms with Crippen molar-refractivity contribution in [2.45, 2.75) is 25.1 Å². The van der Waals surface area contributed by atoms with Crippen molar-refractivity contribution >= 4 is 5.91 Å². The van der Waals surface area contributed by atoms with E-state index < -0.39 is 11.7 Å². The number of carbonyl (C=O) groups excluding carboxylic acids is 1. The molecular formula is C22H25F3N2O3. The Morgan fingerprint density at radius 3 is 2.43 bits per heavy atom. The van der Waals surface area contributed by atoms with E-state index in [1.54, 1.807) is 7.11 Å². The van der Waals surface area contributed by atoms with Gasteiger partial charge in [0.25, 0.3) is 5.91 Å². The normalized spacial score (nSPS) is 15.6. The molecule has 1 aliphatic rings. The largest absolute Gasteiger partial charge is 0.497 e. The summed E-state index contributed by atoms with van der Waals surface area (Å²) in [5.74, 6) is 0.383. The first-order valence-corrected chi connectivity index (χ1v) is 9.81. The van der Waals surface area contributed by atoms with Crippen molar-refractivity contribution in [3.63, 3.8) is 0 Å². The number of benzene rings is 2. The van der Waals surface area contributed by atoms with E-state index in [1.807, 2.05) is 24.3 Å². The highest BCUT2D eigenvalue weighted by atomic mass is 19.4. The number of hydrogen-bond donors (Lipinski definition) is 1. The van der Waals surface area contributed by atoms with Crippen molar-refractivity contribution in [2.75, 3.05) is 33.4 Å². The zero-order chi connectivity index (χ0) is 21.6. The molecule has 0 aliphatic carbocycles. The predicted molar refractivity (Wildman–Crippen MR) is 106 cm³/mol. The van der Waals surface area contributed by atoms with E-state index >= 15 is 0 Å². The molecule has 162 valence electrons. The maximum absolute atomic E-state index is 12.8. The van der Waals surface area contributed by atoms with Crippen LogP contribution in [0.5, 0.6) is 11.5 Å². The number of ether oxygens (including phenoxy) is 2. The lowest BCUT2D eigenvalue weighted by Crippen LogP contribution is -2.38. The van der Waals surface area contributed by atoms with Crippen molar-refractivity contribution in [2.24, 2.45) is 0 Å². The van der Waals surface area contributed by atoms with Crippen LogP contribution in [0, 0.1) is 0 Å². The number of nitrogens with zero attached hydrogens (tertiary/aromatic N) is 1. The molecule has 1 heterocycles. The molecule has 2 aromatic rings. The molecule has 1 N–H and O–H groups in total. The van der Waals surface area contributed by atoms with Gasteiger partial charge in [-0.25, -0.2) is 0 Å². The Bertz CT molecular complexity index is 834. The topological polar surface area (TPSA) is 50.8 Å². The molecule has 0 unspecified atom stereocenters. The average molecular weight is 422 g/mol. The summed E-state index contributed by atoms with van der Waals surface area (Å²) in [7, 11) is 1.61. The zero-order valence-corrected chi connectivity index (χ0v) is 16.7. The number of nitrogens with one attached hydrogen (secondary N) is 1. The van der Waals surface area contributed by atoms with E-state index in [0.717, 1.165) is 49.4 Å². The summed E-state index contributed by atoms with van der Waals surface area (Å²) in [6.45, 7) is 1.94. The molecule has 1 aliphatic heterocycles. The van der Waals surface area contributed by atoms with Crippen molar-refractivity contribution in [3.8, 4) is 11.5 Å². The minimum Gasteiger partial charge on any atom is -0.497 e. The van der Waals surface area contributed by atoms with E-state index in [1.165, 1.54) is 12.1 Å². The maximum atomic E-state index is 12.8. The van der Waals surface area contributed by atoms with Gasteiger partial charge in [0, 0.05) is 6.54 Å². The van der Waals surface area contributed by atoms with Crippen LogP contribution in [-0.2, 0) is 11.0 Å². The summed E-state index contributed by atoms with van der Waals surface area (Å²) < 4.78 is 48.8. The summed E-state index contributed by atoms with van der Waals surface area (Å²) >= 11 is 0. The van der Waals surface area contributed by atoms with Crippen molar-refractivity contribution in [1.29, 1.82) is 0 Å². The molecule has 1 fully saturated rings. The third kappa shape index (κ3) is 5.89. The number of likely N-dealkylation sites (tertiary alicyclic amines) is 1. The fourth-order valence-electron chi connectivity index (χ4n) is 3.51. The Labute approximate surface area is 173 Å². The highest BCUT2D eigenvalue weighted by Crippen LogP contribution is 2.31. The van der Waals surface area contributed by atoms with E-state index in [4.69, 9.17) is 9.47 Å². The number of carbonyl (C=O) groups is 1. The second-order valence-corrected chi connectivity index (χ2v) is 7.15. The van der Waals surface area contributed by atoms with Crippen molar-refractivity contribution in [3.05, 3.63) is 59.7 Å². The van der Waals surface area contributed by atoms with Gasteiger partial charge in [0.2, 0.25) is 0 Å². The minimum atomic E-state index is -4.46. The Hall–Kier alpha value is -2.74. The molecule has 5 nitrogen and oxygen atoms in total. The quantitative estimate of drug-likeness (QED) is 0.698. The molecular weight excluding hydrogens is 397 g/mol. The van der Waals surface area contributed by atoms with Crippen LogP contribution in [0.25, 0.3) is 0 Å². The summed E-state index contributed by atoms with van der Waals surface area (Å²) in [6.07, 6.45) is -2.23. The lowest BCUT2D eigenvalue weighted by Gasteiger charge is -2.28. The van der Waals surface area contributed by atoms with E-state index in [0.29, 0.717) is 6.54 Å². The second-order valence-electron chi connectivity index (χ2n) is 7.15. The van der Waals surface area contributed by atoms with Crippen LogP contribution in [0.2, 0.25) is 0 Å². The monoisotopic (exact) mass is 422 g/mol. The fraction of sp³-hybridized carbons (Fsp3) is 0.409. The molecule has 1 saturated heterocycles. The van der Waals surface area contributed by atoms with Gasteiger partial charge in [-0.2, -0.15) is 13.2 Å². The third-order valence-electron chi connectivity index (χ3n) is 5.11. The van der Waals surface area contributed by atoms with Crippen molar-refractivity contribution in [1.82, 2.24) is 10.2 Å². The first-order valence-electron chi connectivity index (χ1n) is 9.81. The molecule has 0 spiro atoms. The molecule has 2 aromatic carbocycles. The lowest BCUT2D eigenvalue weighted by molar-refractivity contribution is -0.137. The number of amides is 1. The molecule has 30 heavy (non-hydrogen) atoms. The smallest absolute Gasteiger partial charge is 0.416 e. The number of hydrogen-bond acceptors (Lipinski definition) is 4. The van der Waals surface area contributed by atoms with E-state index in [9.17, 15) is 18.0 Å². The summed E-state index contributed by atoms with van der Waals surface area (Å²) in [5, 5.41) is 2.84. The van der Waals surface area contributed by atoms with Crippen LogP contribution in [0.1, 0.15) is 30.0 Å². The molecule has 0 saturated carbocycles. The molecule has 1 amide bonds. The lowest BCUT2D eigenvalue weighted by atomic mass is 10.1. The molecule has 0 radical (unpaired) electrons. The van der Waals surface area contributed by atoms with Crippen LogP contribution in [0.4, 0.5) is 13.2 Å².